The van der Waals surface area contributed by atoms with Gasteiger partial charge in [-0.2, -0.15) is 0 Å². The van der Waals surface area contributed by atoms with Crippen LogP contribution in [-0.2, 0) is 0 Å². The van der Waals surface area contributed by atoms with Crippen molar-refractivity contribution >= 4 is 0 Å². The number of nitrogens with one attached hydrogen (secondary N) is 2. The molecule has 2 atom stereocenters. The Bertz CT molecular complexity index is 719. The van der Waals surface area contributed by atoms with Gasteiger partial charge in [-0.15, -0.1) is 0 Å². The fourth-order valence-electron chi connectivity index (χ4n) is 4.21. The summed E-state index contributed by atoms with van der Waals surface area (Å²) >= 11 is 0. The summed E-state index contributed by atoms with van der Waals surface area (Å²) in [6.45, 7) is 11.9. The van der Waals surface area contributed by atoms with Crippen molar-refractivity contribution in [2.24, 2.45) is 0 Å². The molecule has 0 radical (unpaired) electrons. The first-order chi connectivity index (χ1) is 13.7. The fourth-order valence-corrected chi connectivity index (χ4v) is 4.21. The van der Waals surface area contributed by atoms with E-state index in [9.17, 15) is 0 Å². The monoisotopic (exact) mass is 379 g/mol. The summed E-state index contributed by atoms with van der Waals surface area (Å²) in [5.74, 6) is 0. The van der Waals surface area contributed by atoms with E-state index in [-0.39, 0.29) is 0 Å². The van der Waals surface area contributed by atoms with Crippen LogP contribution >= 0.6 is 0 Å². The Labute approximate surface area is 171 Å². The zero-order valence-corrected chi connectivity index (χ0v) is 18.1. The van der Waals surface area contributed by atoms with Gasteiger partial charge >= 0.3 is 0 Å². The Morgan fingerprint density at radius 3 is 2.57 bits per heavy atom. The molecule has 2 aliphatic heterocycles. The Morgan fingerprint density at radius 1 is 1.21 bits per heavy atom. The van der Waals surface area contributed by atoms with E-state index in [2.05, 4.69) is 85.8 Å². The molecule has 0 saturated carbocycles. The van der Waals surface area contributed by atoms with Crippen LogP contribution in [0, 0.1) is 0 Å². The Balaban J connectivity index is 1.71. The lowest BCUT2D eigenvalue weighted by atomic mass is 9.87. The maximum atomic E-state index is 3.73. The zero-order valence-electron chi connectivity index (χ0n) is 18.1. The molecule has 3 nitrogen and oxygen atoms in total. The quantitative estimate of drug-likeness (QED) is 0.582. The van der Waals surface area contributed by atoms with E-state index in [4.69, 9.17) is 0 Å². The third kappa shape index (κ3) is 4.88. The summed E-state index contributed by atoms with van der Waals surface area (Å²) < 4.78 is 0. The number of allylic oxidation sites excluding steroid dienone is 8. The van der Waals surface area contributed by atoms with E-state index >= 15 is 0 Å². The van der Waals surface area contributed by atoms with Crippen LogP contribution in [0.3, 0.4) is 0 Å². The largest absolute Gasteiger partial charge is 0.380 e. The highest BCUT2D eigenvalue weighted by atomic mass is 15.3. The van der Waals surface area contributed by atoms with Crippen LogP contribution in [-0.4, -0.2) is 36.6 Å². The van der Waals surface area contributed by atoms with Crippen molar-refractivity contribution in [2.75, 3.05) is 19.6 Å². The molecule has 1 aliphatic carbocycles. The SMILES string of the molecule is C\C=C(NCC1=CC/C(=C/CC)C=C1)/C(=C\C=C(/C)CC)N1C2CNCC1C2. The minimum atomic E-state index is 0.632. The second kappa shape index (κ2) is 9.97. The van der Waals surface area contributed by atoms with E-state index in [1.54, 1.807) is 0 Å². The average molecular weight is 380 g/mol. The molecule has 3 rings (SSSR count). The third-order valence-corrected chi connectivity index (χ3v) is 6.08. The molecular formula is C25H37N3. The van der Waals surface area contributed by atoms with Crippen molar-refractivity contribution in [3.63, 3.8) is 0 Å². The van der Waals surface area contributed by atoms with Crippen LogP contribution in [0.5, 0.6) is 0 Å². The summed E-state index contributed by atoms with van der Waals surface area (Å²) in [4.78, 5) is 2.63. The predicted molar refractivity (Wildman–Crippen MR) is 121 cm³/mol. The predicted octanol–water partition coefficient (Wildman–Crippen LogP) is 4.99. The summed E-state index contributed by atoms with van der Waals surface area (Å²) in [7, 11) is 0. The van der Waals surface area contributed by atoms with E-state index in [0.717, 1.165) is 38.9 Å². The molecule has 0 aromatic rings. The molecule has 2 bridgehead atoms. The number of fused-ring (bicyclic) bond motifs is 2. The van der Waals surface area contributed by atoms with E-state index in [1.807, 2.05) is 0 Å². The minimum Gasteiger partial charge on any atom is -0.380 e. The van der Waals surface area contributed by atoms with Crippen molar-refractivity contribution in [1.82, 2.24) is 15.5 Å². The van der Waals surface area contributed by atoms with Gasteiger partial charge in [0.05, 0.1) is 11.4 Å². The highest BCUT2D eigenvalue weighted by Crippen LogP contribution is 2.35. The minimum absolute atomic E-state index is 0.632. The van der Waals surface area contributed by atoms with Gasteiger partial charge in [0.15, 0.2) is 0 Å². The first-order valence-electron chi connectivity index (χ1n) is 11.0. The van der Waals surface area contributed by atoms with Crippen molar-refractivity contribution in [2.45, 2.75) is 65.5 Å². The first-order valence-corrected chi connectivity index (χ1v) is 11.0. The number of hydrogen-bond donors (Lipinski definition) is 2. The summed E-state index contributed by atoms with van der Waals surface area (Å²) in [5.41, 5.74) is 6.83. The van der Waals surface area contributed by atoms with Gasteiger partial charge in [0.2, 0.25) is 0 Å². The van der Waals surface area contributed by atoms with Crippen LogP contribution < -0.4 is 10.6 Å². The number of piperazine rings is 1. The van der Waals surface area contributed by atoms with Crippen molar-refractivity contribution in [3.8, 4) is 0 Å². The summed E-state index contributed by atoms with van der Waals surface area (Å²) in [5, 5.41) is 7.28. The van der Waals surface area contributed by atoms with E-state index in [0.29, 0.717) is 12.1 Å². The second-order valence-corrected chi connectivity index (χ2v) is 8.09. The third-order valence-electron chi connectivity index (χ3n) is 6.08. The van der Waals surface area contributed by atoms with Crippen LogP contribution in [0.4, 0.5) is 0 Å². The maximum Gasteiger partial charge on any atom is 0.0604 e. The lowest BCUT2D eigenvalue weighted by Crippen LogP contribution is -2.67. The first kappa shape index (κ1) is 20.7. The zero-order chi connectivity index (χ0) is 19.9. The van der Waals surface area contributed by atoms with E-state index < -0.39 is 0 Å². The molecule has 0 amide bonds. The molecule has 0 aromatic carbocycles. The topological polar surface area (TPSA) is 27.3 Å². The highest BCUT2D eigenvalue weighted by Gasteiger charge is 2.42. The van der Waals surface area contributed by atoms with Gasteiger partial charge in [-0.1, -0.05) is 55.9 Å². The van der Waals surface area contributed by atoms with Crippen LogP contribution in [0.25, 0.3) is 0 Å². The Kier molecular flexibility index (Phi) is 7.38. The van der Waals surface area contributed by atoms with Gasteiger partial charge < -0.3 is 15.5 Å². The molecule has 3 heteroatoms. The molecule has 0 spiro atoms. The van der Waals surface area contributed by atoms with Crippen molar-refractivity contribution in [3.05, 3.63) is 70.6 Å². The average Bonchev–Trinajstić information content (AvgIpc) is 2.73. The van der Waals surface area contributed by atoms with Crippen molar-refractivity contribution in [1.29, 1.82) is 0 Å². The maximum absolute atomic E-state index is 3.73. The number of rotatable bonds is 8. The number of hydrogen-bond acceptors (Lipinski definition) is 3. The second-order valence-electron chi connectivity index (χ2n) is 8.09. The van der Waals surface area contributed by atoms with Gasteiger partial charge in [-0.25, -0.2) is 0 Å². The highest BCUT2D eigenvalue weighted by molar-refractivity contribution is 5.39. The molecule has 0 aromatic heterocycles. The lowest BCUT2D eigenvalue weighted by Gasteiger charge is -2.55. The lowest BCUT2D eigenvalue weighted by molar-refractivity contribution is 0.0223. The van der Waals surface area contributed by atoms with Gasteiger partial charge in [0.25, 0.3) is 0 Å². The Morgan fingerprint density at radius 2 is 2.00 bits per heavy atom. The van der Waals surface area contributed by atoms with Gasteiger partial charge in [0.1, 0.15) is 0 Å². The summed E-state index contributed by atoms with van der Waals surface area (Å²) in [6, 6.07) is 1.26. The molecular weight excluding hydrogens is 342 g/mol. The van der Waals surface area contributed by atoms with E-state index in [1.165, 1.54) is 34.5 Å². The molecule has 2 saturated heterocycles. The van der Waals surface area contributed by atoms with Gasteiger partial charge in [-0.05, 0) is 56.8 Å². The smallest absolute Gasteiger partial charge is 0.0604 e. The van der Waals surface area contributed by atoms with Crippen LogP contribution in [0.1, 0.15) is 53.4 Å². The molecule has 2 heterocycles. The van der Waals surface area contributed by atoms with Crippen LogP contribution in [0.15, 0.2) is 70.6 Å². The number of piperidine rings is 1. The van der Waals surface area contributed by atoms with Crippen molar-refractivity contribution < 1.29 is 0 Å². The summed E-state index contributed by atoms with van der Waals surface area (Å²) in [6.07, 6.45) is 20.6. The normalized spacial score (nSPS) is 27.0. The molecule has 2 unspecified atom stereocenters. The molecule has 152 valence electrons. The number of nitrogens with zero attached hydrogens (tertiary/aromatic N) is 1. The molecule has 2 N–H and O–H groups in total. The molecule has 3 aliphatic rings. The Hall–Kier alpha value is -2.00. The van der Waals surface area contributed by atoms with Gasteiger partial charge in [0, 0.05) is 31.7 Å². The standard InChI is InChI=1S/C25H37N3/c1-5-8-20-10-12-21(13-11-20)16-27-24(7-3)25(14-9-19(4)6-2)28-22-15-23(28)18-26-17-22/h7-10,12-14,22-23,26-27H,5-6,11,15-18H2,1-4H3/b19-9+,20-8+,24-7+,25-14+. The van der Waals surface area contributed by atoms with Gasteiger partial charge in [-0.3, -0.25) is 0 Å². The molecule has 28 heavy (non-hydrogen) atoms. The fraction of sp³-hybridized carbons (Fsp3) is 0.520. The van der Waals surface area contributed by atoms with Crippen LogP contribution in [0.2, 0.25) is 0 Å². The molecule has 2 fully saturated rings.